The molecule has 0 aliphatic heterocycles. The molecule has 0 fully saturated rings. The molecule has 0 saturated carbocycles. The number of carbonyl (C=O) groups excluding carboxylic acids is 3. The summed E-state index contributed by atoms with van der Waals surface area (Å²) in [6.45, 7) is 2.44. The van der Waals surface area contributed by atoms with Crippen LogP contribution in [0.4, 0.5) is 0 Å². The second-order valence-electron chi connectivity index (χ2n) is 26.5. The highest BCUT2D eigenvalue weighted by atomic mass is 31.2. The van der Waals surface area contributed by atoms with Gasteiger partial charge < -0.3 is 34.2 Å². The standard InChI is InChI=1S/C85H144O16P2/c1-4-7-10-13-16-19-22-24-26-28-30-32-34-36-38-39-41-43-44-46-48-50-52-54-57-59-62-65-68-71-83(88)95-74-80(86)75-97-102(91,92)98-76-81(87)77-99-103(93,94)100-79-82(101-85(90)73-70-67-64-61-56-21-18-15-12-9-6-3)78-96-84(89)72-69-66-63-60-58-55-53-51-49-47-45-42-40-37-35-33-31-29-27-25-23-20-17-14-11-8-5-2/h7-8,10-11,16-17,19-20,24-27,30-33,36-38,40-41,43,45,47,80-82,86-87H,4-6,9,12-15,18,21-23,28-29,34-35,39,42,44,46,48-79H2,1-3H3,(H,91,92)(H,93,94)/b10-7-,11-8-,19-16-,20-17-,26-24-,27-25-,32-30-,33-31-,38-36-,40-37-,43-41-,47-45-. The first kappa shape index (κ1) is 98.4. The molecule has 16 nitrogen and oxygen atoms in total. The highest BCUT2D eigenvalue weighted by molar-refractivity contribution is 7.47. The summed E-state index contributed by atoms with van der Waals surface area (Å²) in [6, 6.07) is 0. The van der Waals surface area contributed by atoms with Crippen molar-refractivity contribution in [2.45, 2.75) is 334 Å². The minimum absolute atomic E-state index is 0.102. The van der Waals surface area contributed by atoms with Crippen molar-refractivity contribution in [1.29, 1.82) is 0 Å². The zero-order valence-corrected chi connectivity index (χ0v) is 66.2. The van der Waals surface area contributed by atoms with Crippen LogP contribution in [0.3, 0.4) is 0 Å². The summed E-state index contributed by atoms with van der Waals surface area (Å²) in [7, 11) is -9.79. The molecule has 5 unspecified atom stereocenters. The van der Waals surface area contributed by atoms with E-state index in [-0.39, 0.29) is 19.3 Å². The maximum atomic E-state index is 12.9. The Morgan fingerprint density at radius 3 is 0.816 bits per heavy atom. The number of rotatable bonds is 75. The summed E-state index contributed by atoms with van der Waals surface area (Å²) in [4.78, 5) is 58.6. The average Bonchev–Trinajstić information content (AvgIpc) is 0.915. The van der Waals surface area contributed by atoms with Gasteiger partial charge >= 0.3 is 33.6 Å². The van der Waals surface area contributed by atoms with Gasteiger partial charge in [-0.2, -0.15) is 0 Å². The van der Waals surface area contributed by atoms with Crippen LogP contribution in [0.2, 0.25) is 0 Å². The molecule has 0 aromatic heterocycles. The number of hydrogen-bond donors (Lipinski definition) is 4. The number of phosphoric ester groups is 2. The molecule has 0 rings (SSSR count). The summed E-state index contributed by atoms with van der Waals surface area (Å²) >= 11 is 0. The number of aliphatic hydroxyl groups is 2. The molecule has 0 aromatic carbocycles. The average molecular weight is 1480 g/mol. The van der Waals surface area contributed by atoms with Gasteiger partial charge in [0.25, 0.3) is 0 Å². The third-order valence-electron chi connectivity index (χ3n) is 16.6. The lowest BCUT2D eigenvalue weighted by Gasteiger charge is -2.21. The van der Waals surface area contributed by atoms with E-state index >= 15 is 0 Å². The number of unbranched alkanes of at least 4 members (excludes halogenated alkanes) is 28. The lowest BCUT2D eigenvalue weighted by atomic mass is 10.1. The van der Waals surface area contributed by atoms with Crippen LogP contribution in [-0.4, -0.2) is 95.9 Å². The number of allylic oxidation sites excluding steroid dienone is 24. The normalized spacial score (nSPS) is 14.7. The van der Waals surface area contributed by atoms with Crippen molar-refractivity contribution in [3.05, 3.63) is 146 Å². The molecule has 103 heavy (non-hydrogen) atoms. The Morgan fingerprint density at radius 1 is 0.282 bits per heavy atom. The fourth-order valence-corrected chi connectivity index (χ4v) is 12.1. The maximum absolute atomic E-state index is 12.9. The van der Waals surface area contributed by atoms with E-state index in [4.69, 9.17) is 32.3 Å². The SMILES string of the molecule is CC/C=C\C/C=C\C/C=C\C/C=C\C/C=C\C/C=C\CCCCCCCCCCCCC(=O)OCC(O)COP(=O)(O)OCC(O)COP(=O)(O)OCC(COC(=O)CCCCCCCCCC/C=C\C/C=C\C/C=C\C/C=C\C/C=C\C/C=C\CC)OC(=O)CCCCCCCCCCCCC. The molecule has 0 amide bonds. The van der Waals surface area contributed by atoms with Gasteiger partial charge in [0.2, 0.25) is 0 Å². The van der Waals surface area contributed by atoms with Crippen molar-refractivity contribution in [1.82, 2.24) is 0 Å². The third-order valence-corrected chi connectivity index (χ3v) is 18.5. The first-order valence-corrected chi connectivity index (χ1v) is 43.1. The zero-order chi connectivity index (χ0) is 75.2. The van der Waals surface area contributed by atoms with Crippen LogP contribution in [-0.2, 0) is 55.8 Å². The summed E-state index contributed by atoms with van der Waals surface area (Å²) in [5.41, 5.74) is 0. The van der Waals surface area contributed by atoms with Crippen LogP contribution in [0.1, 0.15) is 316 Å². The molecule has 0 aliphatic rings. The second-order valence-corrected chi connectivity index (χ2v) is 29.4. The third kappa shape index (κ3) is 78.3. The first-order valence-electron chi connectivity index (χ1n) is 40.1. The first-order chi connectivity index (χ1) is 50.2. The van der Waals surface area contributed by atoms with Crippen molar-refractivity contribution in [3.8, 4) is 0 Å². The van der Waals surface area contributed by atoms with Crippen LogP contribution >= 0.6 is 15.6 Å². The molecule has 0 aromatic rings. The molecular weight excluding hydrogens is 1340 g/mol. The minimum atomic E-state index is -4.93. The van der Waals surface area contributed by atoms with E-state index in [0.29, 0.717) is 19.3 Å². The molecule has 5 atom stereocenters. The largest absolute Gasteiger partial charge is 0.472 e. The van der Waals surface area contributed by atoms with Gasteiger partial charge in [-0.05, 0) is 122 Å². The number of ether oxygens (including phenoxy) is 3. The number of hydrogen-bond acceptors (Lipinski definition) is 14. The predicted molar refractivity (Wildman–Crippen MR) is 426 cm³/mol. The number of aliphatic hydroxyl groups excluding tert-OH is 2. The lowest BCUT2D eigenvalue weighted by molar-refractivity contribution is -0.161. The monoisotopic (exact) mass is 1480 g/mol. The molecule has 4 N–H and O–H groups in total. The molecule has 0 bridgehead atoms. The minimum Gasteiger partial charge on any atom is -0.463 e. The molecule has 590 valence electrons. The van der Waals surface area contributed by atoms with E-state index in [1.807, 2.05) is 0 Å². The smallest absolute Gasteiger partial charge is 0.463 e. The predicted octanol–water partition coefficient (Wildman–Crippen LogP) is 23.7. The summed E-state index contributed by atoms with van der Waals surface area (Å²) < 4.78 is 61.1. The molecule has 18 heteroatoms. The van der Waals surface area contributed by atoms with E-state index in [0.717, 1.165) is 173 Å². The van der Waals surface area contributed by atoms with Crippen LogP contribution in [0.15, 0.2) is 146 Å². The molecule has 0 saturated heterocycles. The Bertz CT molecular complexity index is 2450. The van der Waals surface area contributed by atoms with Gasteiger partial charge in [-0.3, -0.25) is 32.5 Å². The Balaban J connectivity index is 4.47. The van der Waals surface area contributed by atoms with Gasteiger partial charge in [0.1, 0.15) is 25.4 Å². The molecule has 0 spiro atoms. The Kier molecular flexibility index (Phi) is 73.6. The molecular formula is C85H144O16P2. The van der Waals surface area contributed by atoms with E-state index in [2.05, 4.69) is 167 Å². The van der Waals surface area contributed by atoms with Crippen LogP contribution in [0, 0.1) is 0 Å². The maximum Gasteiger partial charge on any atom is 0.472 e. The fourth-order valence-electron chi connectivity index (χ4n) is 10.5. The number of carbonyl (C=O) groups is 3. The van der Waals surface area contributed by atoms with Gasteiger partial charge in [-0.15, -0.1) is 0 Å². The highest BCUT2D eigenvalue weighted by Gasteiger charge is 2.29. The van der Waals surface area contributed by atoms with E-state index < -0.39 is 91.5 Å². The van der Waals surface area contributed by atoms with Crippen molar-refractivity contribution >= 4 is 33.6 Å². The second kappa shape index (κ2) is 77.1. The Morgan fingerprint density at radius 2 is 0.515 bits per heavy atom. The van der Waals surface area contributed by atoms with Crippen molar-refractivity contribution < 1.29 is 75.8 Å². The fraction of sp³-hybridized carbons (Fsp3) is 0.682. The van der Waals surface area contributed by atoms with Gasteiger partial charge in [0.05, 0.1) is 26.4 Å². The molecule has 0 radical (unpaired) electrons. The van der Waals surface area contributed by atoms with Crippen molar-refractivity contribution in [3.63, 3.8) is 0 Å². The van der Waals surface area contributed by atoms with Gasteiger partial charge in [0.15, 0.2) is 6.10 Å². The number of esters is 3. The van der Waals surface area contributed by atoms with Crippen LogP contribution in [0.25, 0.3) is 0 Å². The van der Waals surface area contributed by atoms with E-state index in [1.54, 1.807) is 0 Å². The quantitative estimate of drug-likeness (QED) is 0.0146. The van der Waals surface area contributed by atoms with Crippen molar-refractivity contribution in [2.75, 3.05) is 39.6 Å². The Labute approximate surface area is 626 Å². The zero-order valence-electron chi connectivity index (χ0n) is 64.4. The molecule has 0 heterocycles. The highest BCUT2D eigenvalue weighted by Crippen LogP contribution is 2.45. The molecule has 0 aliphatic carbocycles. The van der Waals surface area contributed by atoms with Crippen LogP contribution < -0.4 is 0 Å². The van der Waals surface area contributed by atoms with Gasteiger partial charge in [0, 0.05) is 19.3 Å². The van der Waals surface area contributed by atoms with Crippen molar-refractivity contribution in [2.24, 2.45) is 0 Å². The lowest BCUT2D eigenvalue weighted by Crippen LogP contribution is -2.30. The summed E-state index contributed by atoms with van der Waals surface area (Å²) in [6.07, 6.45) is 94.7. The Hall–Kier alpha value is -4.57. The van der Waals surface area contributed by atoms with E-state index in [9.17, 15) is 43.5 Å². The van der Waals surface area contributed by atoms with E-state index in [1.165, 1.54) is 83.5 Å². The summed E-state index contributed by atoms with van der Waals surface area (Å²) in [5.74, 6) is -1.59. The number of phosphoric acid groups is 2. The topological polar surface area (TPSA) is 231 Å². The van der Waals surface area contributed by atoms with Gasteiger partial charge in [-0.1, -0.05) is 321 Å². The van der Waals surface area contributed by atoms with Crippen LogP contribution in [0.5, 0.6) is 0 Å². The van der Waals surface area contributed by atoms with Gasteiger partial charge in [-0.25, -0.2) is 9.13 Å². The summed E-state index contributed by atoms with van der Waals surface area (Å²) in [5, 5.41) is 20.6.